The Bertz CT molecular complexity index is 463. The number of halogens is 1. The van der Waals surface area contributed by atoms with Crippen molar-refractivity contribution in [3.63, 3.8) is 0 Å². The van der Waals surface area contributed by atoms with Crippen LogP contribution in [0.25, 0.3) is 0 Å². The van der Waals surface area contributed by atoms with Gasteiger partial charge in [0.05, 0.1) is 7.11 Å². The van der Waals surface area contributed by atoms with E-state index in [2.05, 4.69) is 20.1 Å². The molecular formula is C9H9FN4OS. The first kappa shape index (κ1) is 10.7. The molecule has 0 aliphatic rings. The summed E-state index contributed by atoms with van der Waals surface area (Å²) in [5.74, 6) is 0.333. The summed E-state index contributed by atoms with van der Waals surface area (Å²) in [5.41, 5.74) is 0.720. The molecule has 1 heterocycles. The molecule has 0 spiro atoms. The van der Waals surface area contributed by atoms with Gasteiger partial charge in [0.2, 0.25) is 5.13 Å². The van der Waals surface area contributed by atoms with Crippen LogP contribution in [0.2, 0.25) is 0 Å². The van der Waals surface area contributed by atoms with Crippen LogP contribution in [0.1, 0.15) is 5.56 Å². The third-order valence-electron chi connectivity index (χ3n) is 1.97. The normalized spacial score (nSPS) is 10.1. The molecule has 16 heavy (non-hydrogen) atoms. The van der Waals surface area contributed by atoms with E-state index in [4.69, 9.17) is 4.74 Å². The quantitative estimate of drug-likeness (QED) is 0.881. The summed E-state index contributed by atoms with van der Waals surface area (Å²) in [6, 6.07) is 4.36. The molecule has 84 valence electrons. The Balaban J connectivity index is 2.11. The molecule has 1 aromatic heterocycles. The molecule has 1 N–H and O–H groups in total. The van der Waals surface area contributed by atoms with Crippen LogP contribution in [0.4, 0.5) is 9.52 Å². The van der Waals surface area contributed by atoms with Crippen molar-refractivity contribution in [2.75, 3.05) is 12.4 Å². The van der Waals surface area contributed by atoms with Gasteiger partial charge in [-0.1, -0.05) is 9.59 Å². The number of benzene rings is 1. The molecule has 0 fully saturated rings. The molecule has 5 nitrogen and oxygen atoms in total. The van der Waals surface area contributed by atoms with Gasteiger partial charge in [-0.15, -0.1) is 0 Å². The second-order valence-corrected chi connectivity index (χ2v) is 3.71. The lowest BCUT2D eigenvalue weighted by molar-refractivity contribution is 0.409. The van der Waals surface area contributed by atoms with E-state index in [1.165, 1.54) is 12.1 Å². The van der Waals surface area contributed by atoms with E-state index in [-0.39, 0.29) is 5.82 Å². The number of nitrogens with one attached hydrogen (secondary N) is 1. The predicted molar refractivity (Wildman–Crippen MR) is 58.0 cm³/mol. The van der Waals surface area contributed by atoms with Gasteiger partial charge in [0.25, 0.3) is 0 Å². The number of hydrogen-bond acceptors (Lipinski definition) is 6. The Morgan fingerprint density at radius 2 is 2.38 bits per heavy atom. The van der Waals surface area contributed by atoms with E-state index in [0.29, 0.717) is 17.4 Å². The van der Waals surface area contributed by atoms with Crippen molar-refractivity contribution in [2.24, 2.45) is 0 Å². The van der Waals surface area contributed by atoms with Gasteiger partial charge < -0.3 is 10.1 Å². The van der Waals surface area contributed by atoms with Crippen molar-refractivity contribution in [3.05, 3.63) is 29.6 Å². The zero-order valence-electron chi connectivity index (χ0n) is 8.48. The maximum absolute atomic E-state index is 13.0. The van der Waals surface area contributed by atoms with Gasteiger partial charge in [0, 0.05) is 23.6 Å². The second-order valence-electron chi connectivity index (χ2n) is 2.98. The van der Waals surface area contributed by atoms with Crippen LogP contribution in [0, 0.1) is 5.82 Å². The van der Waals surface area contributed by atoms with E-state index >= 15 is 0 Å². The summed E-state index contributed by atoms with van der Waals surface area (Å²) < 4.78 is 21.8. The fourth-order valence-electron chi connectivity index (χ4n) is 1.26. The number of ether oxygens (including phenoxy) is 1. The van der Waals surface area contributed by atoms with Crippen LogP contribution in [0.5, 0.6) is 5.75 Å². The molecular weight excluding hydrogens is 231 g/mol. The Kier molecular flexibility index (Phi) is 3.25. The predicted octanol–water partition coefficient (Wildman–Crippen LogP) is 1.69. The third kappa shape index (κ3) is 2.43. The molecule has 0 bridgehead atoms. The number of hydrogen-bond donors (Lipinski definition) is 1. The number of anilines is 1. The number of aromatic nitrogens is 3. The molecule has 0 unspecified atom stereocenters. The topological polar surface area (TPSA) is 59.9 Å². The molecule has 0 saturated carbocycles. The zero-order chi connectivity index (χ0) is 11.4. The number of nitrogens with zero attached hydrogens (tertiary/aromatic N) is 3. The summed E-state index contributed by atoms with van der Waals surface area (Å²) in [5, 5.41) is 10.7. The highest BCUT2D eigenvalue weighted by Crippen LogP contribution is 2.20. The van der Waals surface area contributed by atoms with Crippen molar-refractivity contribution < 1.29 is 9.13 Å². The molecule has 0 aliphatic carbocycles. The fraction of sp³-hybridized carbons (Fsp3) is 0.222. The van der Waals surface area contributed by atoms with Crippen molar-refractivity contribution >= 4 is 16.7 Å². The Hall–Kier alpha value is -1.76. The third-order valence-corrected chi connectivity index (χ3v) is 2.53. The van der Waals surface area contributed by atoms with Gasteiger partial charge in [0.15, 0.2) is 0 Å². The van der Waals surface area contributed by atoms with Crippen LogP contribution < -0.4 is 10.1 Å². The highest BCUT2D eigenvalue weighted by atomic mass is 32.1. The molecule has 0 radical (unpaired) electrons. The smallest absolute Gasteiger partial charge is 0.225 e. The summed E-state index contributed by atoms with van der Waals surface area (Å²) in [7, 11) is 1.54. The molecule has 0 amide bonds. The van der Waals surface area contributed by atoms with Gasteiger partial charge in [-0.05, 0) is 23.4 Å². The maximum atomic E-state index is 13.0. The van der Waals surface area contributed by atoms with Gasteiger partial charge in [0.1, 0.15) is 11.6 Å². The minimum atomic E-state index is -0.298. The summed E-state index contributed by atoms with van der Waals surface area (Å²) in [4.78, 5) is 0. The summed E-state index contributed by atoms with van der Waals surface area (Å²) in [6.45, 7) is 0.414. The van der Waals surface area contributed by atoms with Crippen LogP contribution in [-0.2, 0) is 6.54 Å². The van der Waals surface area contributed by atoms with Crippen LogP contribution >= 0.6 is 11.5 Å². The first-order chi connectivity index (χ1) is 7.79. The van der Waals surface area contributed by atoms with Crippen molar-refractivity contribution in [1.82, 2.24) is 14.8 Å². The molecule has 2 rings (SSSR count). The van der Waals surface area contributed by atoms with E-state index in [9.17, 15) is 4.39 Å². The van der Waals surface area contributed by atoms with Crippen LogP contribution in [0.15, 0.2) is 18.2 Å². The van der Waals surface area contributed by atoms with E-state index in [1.54, 1.807) is 13.2 Å². The maximum Gasteiger partial charge on any atom is 0.225 e. The first-order valence-electron chi connectivity index (χ1n) is 4.51. The monoisotopic (exact) mass is 240 g/mol. The molecule has 1 aromatic carbocycles. The number of rotatable bonds is 4. The van der Waals surface area contributed by atoms with Crippen LogP contribution in [-0.4, -0.2) is 21.9 Å². The lowest BCUT2D eigenvalue weighted by Crippen LogP contribution is -2.02. The molecule has 7 heteroatoms. The highest BCUT2D eigenvalue weighted by Gasteiger charge is 2.05. The Morgan fingerprint density at radius 3 is 3.06 bits per heavy atom. The number of methoxy groups -OCH3 is 1. The Morgan fingerprint density at radius 1 is 1.50 bits per heavy atom. The molecule has 0 aliphatic heterocycles. The lowest BCUT2D eigenvalue weighted by Gasteiger charge is -2.08. The Labute approximate surface area is 95.4 Å². The van der Waals surface area contributed by atoms with E-state index in [1.807, 2.05) is 0 Å². The zero-order valence-corrected chi connectivity index (χ0v) is 9.29. The van der Waals surface area contributed by atoms with E-state index in [0.717, 1.165) is 17.1 Å². The minimum absolute atomic E-state index is 0.298. The lowest BCUT2D eigenvalue weighted by atomic mass is 10.2. The second kappa shape index (κ2) is 4.84. The fourth-order valence-corrected chi connectivity index (χ4v) is 1.62. The van der Waals surface area contributed by atoms with Gasteiger partial charge in [-0.25, -0.2) is 4.39 Å². The van der Waals surface area contributed by atoms with Gasteiger partial charge in [-0.2, -0.15) is 0 Å². The first-order valence-corrected chi connectivity index (χ1v) is 5.28. The van der Waals surface area contributed by atoms with Crippen LogP contribution in [0.3, 0.4) is 0 Å². The van der Waals surface area contributed by atoms with E-state index < -0.39 is 0 Å². The van der Waals surface area contributed by atoms with Gasteiger partial charge >= 0.3 is 0 Å². The average molecular weight is 240 g/mol. The standard InChI is InChI=1S/C9H9FN4OS/c1-15-8-3-2-7(10)4-6(8)5-11-9-12-13-14-16-9/h2-4H,5H2,1H3,(H,11,12,14). The van der Waals surface area contributed by atoms with Crippen molar-refractivity contribution in [3.8, 4) is 5.75 Å². The van der Waals surface area contributed by atoms with Crippen molar-refractivity contribution in [1.29, 1.82) is 0 Å². The van der Waals surface area contributed by atoms with Crippen molar-refractivity contribution in [2.45, 2.75) is 6.54 Å². The summed E-state index contributed by atoms with van der Waals surface area (Å²) in [6.07, 6.45) is 0. The molecule has 0 saturated heterocycles. The minimum Gasteiger partial charge on any atom is -0.496 e. The largest absolute Gasteiger partial charge is 0.496 e. The SMILES string of the molecule is COc1ccc(F)cc1CNc1nnns1. The van der Waals surface area contributed by atoms with Gasteiger partial charge in [-0.3, -0.25) is 0 Å². The summed E-state index contributed by atoms with van der Waals surface area (Å²) >= 11 is 1.14. The molecule has 0 atom stereocenters. The molecule has 2 aromatic rings. The highest BCUT2D eigenvalue weighted by molar-refractivity contribution is 7.09. The average Bonchev–Trinajstić information content (AvgIpc) is 2.79.